The number of hydrogen-bond donors (Lipinski definition) is 2. The Morgan fingerprint density at radius 1 is 0.926 bits per heavy atom. The molecule has 1 fully saturated rings. The summed E-state index contributed by atoms with van der Waals surface area (Å²) in [7, 11) is 0. The Labute approximate surface area is 158 Å². The molecule has 0 spiro atoms. The number of likely N-dealkylation sites (tertiary alicyclic amines) is 1. The molecule has 6 heteroatoms. The van der Waals surface area contributed by atoms with Crippen molar-refractivity contribution in [1.82, 2.24) is 10.2 Å². The van der Waals surface area contributed by atoms with E-state index in [0.29, 0.717) is 43.6 Å². The lowest BCUT2D eigenvalue weighted by Crippen LogP contribution is -2.42. The van der Waals surface area contributed by atoms with Gasteiger partial charge in [0.25, 0.3) is 5.91 Å². The van der Waals surface area contributed by atoms with Crippen molar-refractivity contribution in [2.75, 3.05) is 13.1 Å². The van der Waals surface area contributed by atoms with Crippen LogP contribution in [0.4, 0.5) is 0 Å². The second-order valence-corrected chi connectivity index (χ2v) is 6.71. The Balaban J connectivity index is 1.49. The van der Waals surface area contributed by atoms with Crippen LogP contribution in [0.1, 0.15) is 39.1 Å². The molecule has 0 bridgehead atoms. The standard InChI is InChI=1S/C21H23N3O3/c22-19(25)16-6-8-18(9-7-16)21(27)24-12-10-17(11-13-24)20(26)23-14-15-4-2-1-3-5-15/h1-9,17H,10-14H2,(H2,22,25)(H,23,26). The highest BCUT2D eigenvalue weighted by Crippen LogP contribution is 2.20. The van der Waals surface area contributed by atoms with Crippen molar-refractivity contribution in [3.63, 3.8) is 0 Å². The largest absolute Gasteiger partial charge is 0.366 e. The van der Waals surface area contributed by atoms with E-state index < -0.39 is 5.91 Å². The quantitative estimate of drug-likeness (QED) is 0.848. The summed E-state index contributed by atoms with van der Waals surface area (Å²) in [6.07, 6.45) is 1.29. The van der Waals surface area contributed by atoms with Gasteiger partial charge in [0.1, 0.15) is 0 Å². The maximum absolute atomic E-state index is 12.6. The molecule has 0 radical (unpaired) electrons. The fraction of sp³-hybridized carbons (Fsp3) is 0.286. The summed E-state index contributed by atoms with van der Waals surface area (Å²) in [5.74, 6) is -0.641. The third-order valence-electron chi connectivity index (χ3n) is 4.88. The first-order valence-corrected chi connectivity index (χ1v) is 9.05. The van der Waals surface area contributed by atoms with E-state index in [9.17, 15) is 14.4 Å². The van der Waals surface area contributed by atoms with Gasteiger partial charge in [-0.3, -0.25) is 14.4 Å². The molecule has 0 aliphatic carbocycles. The first-order valence-electron chi connectivity index (χ1n) is 9.05. The number of hydrogen-bond acceptors (Lipinski definition) is 3. The Hall–Kier alpha value is -3.15. The number of nitrogens with one attached hydrogen (secondary N) is 1. The van der Waals surface area contributed by atoms with Crippen LogP contribution in [0.15, 0.2) is 54.6 Å². The van der Waals surface area contributed by atoms with E-state index >= 15 is 0 Å². The number of rotatable bonds is 5. The zero-order valence-corrected chi connectivity index (χ0v) is 15.1. The SMILES string of the molecule is NC(=O)c1ccc(C(=O)N2CCC(C(=O)NCc3ccccc3)CC2)cc1. The molecule has 3 rings (SSSR count). The predicted octanol–water partition coefficient (Wildman–Crippen LogP) is 1.95. The molecule has 1 saturated heterocycles. The Kier molecular flexibility index (Phi) is 5.86. The molecule has 6 nitrogen and oxygen atoms in total. The number of nitrogens with two attached hydrogens (primary N) is 1. The van der Waals surface area contributed by atoms with Gasteiger partial charge < -0.3 is 16.0 Å². The van der Waals surface area contributed by atoms with Gasteiger partial charge in [0.2, 0.25) is 11.8 Å². The van der Waals surface area contributed by atoms with Crippen LogP contribution < -0.4 is 11.1 Å². The summed E-state index contributed by atoms with van der Waals surface area (Å²) in [6.45, 7) is 1.60. The Morgan fingerprint density at radius 3 is 2.11 bits per heavy atom. The highest BCUT2D eigenvalue weighted by molar-refractivity contribution is 5.97. The third-order valence-corrected chi connectivity index (χ3v) is 4.88. The molecule has 0 unspecified atom stereocenters. The fourth-order valence-corrected chi connectivity index (χ4v) is 3.23. The van der Waals surface area contributed by atoms with Crippen LogP contribution in [0.25, 0.3) is 0 Å². The highest BCUT2D eigenvalue weighted by atomic mass is 16.2. The van der Waals surface area contributed by atoms with Crippen LogP contribution in [0.3, 0.4) is 0 Å². The summed E-state index contributed by atoms with van der Waals surface area (Å²) < 4.78 is 0. The van der Waals surface area contributed by atoms with E-state index in [-0.39, 0.29) is 17.7 Å². The van der Waals surface area contributed by atoms with Gasteiger partial charge in [-0.15, -0.1) is 0 Å². The zero-order chi connectivity index (χ0) is 19.2. The number of nitrogens with zero attached hydrogens (tertiary/aromatic N) is 1. The normalized spacial score (nSPS) is 14.6. The zero-order valence-electron chi connectivity index (χ0n) is 15.1. The molecule has 140 valence electrons. The van der Waals surface area contributed by atoms with Gasteiger partial charge >= 0.3 is 0 Å². The number of amides is 3. The topological polar surface area (TPSA) is 92.5 Å². The molecule has 2 aromatic carbocycles. The molecular weight excluding hydrogens is 342 g/mol. The molecule has 3 N–H and O–H groups in total. The average molecular weight is 365 g/mol. The van der Waals surface area contributed by atoms with Crippen molar-refractivity contribution in [3.8, 4) is 0 Å². The summed E-state index contributed by atoms with van der Waals surface area (Å²) in [4.78, 5) is 37.8. The lowest BCUT2D eigenvalue weighted by molar-refractivity contribution is -0.126. The van der Waals surface area contributed by atoms with Crippen LogP contribution in [-0.2, 0) is 11.3 Å². The molecule has 0 atom stereocenters. The highest BCUT2D eigenvalue weighted by Gasteiger charge is 2.27. The minimum atomic E-state index is -0.517. The summed E-state index contributed by atoms with van der Waals surface area (Å²) in [6, 6.07) is 16.1. The smallest absolute Gasteiger partial charge is 0.253 e. The van der Waals surface area contributed by atoms with E-state index in [1.165, 1.54) is 0 Å². The molecule has 3 amide bonds. The van der Waals surface area contributed by atoms with Crippen molar-refractivity contribution in [1.29, 1.82) is 0 Å². The first-order chi connectivity index (χ1) is 13.0. The van der Waals surface area contributed by atoms with Gasteiger partial charge in [-0.1, -0.05) is 30.3 Å². The van der Waals surface area contributed by atoms with E-state index in [0.717, 1.165) is 5.56 Å². The lowest BCUT2D eigenvalue weighted by Gasteiger charge is -2.31. The van der Waals surface area contributed by atoms with E-state index in [2.05, 4.69) is 5.32 Å². The van der Waals surface area contributed by atoms with E-state index in [4.69, 9.17) is 5.73 Å². The van der Waals surface area contributed by atoms with Gasteiger partial charge in [0.15, 0.2) is 0 Å². The molecule has 2 aromatic rings. The minimum absolute atomic E-state index is 0.0387. The molecule has 27 heavy (non-hydrogen) atoms. The Morgan fingerprint density at radius 2 is 1.52 bits per heavy atom. The van der Waals surface area contributed by atoms with Gasteiger partial charge in [-0.2, -0.15) is 0 Å². The molecule has 1 heterocycles. The molecule has 0 saturated carbocycles. The maximum atomic E-state index is 12.6. The number of primary amides is 1. The van der Waals surface area contributed by atoms with E-state index in [1.807, 2.05) is 30.3 Å². The van der Waals surface area contributed by atoms with Crippen molar-refractivity contribution < 1.29 is 14.4 Å². The van der Waals surface area contributed by atoms with Crippen molar-refractivity contribution >= 4 is 17.7 Å². The van der Waals surface area contributed by atoms with Crippen molar-refractivity contribution in [2.24, 2.45) is 11.7 Å². The number of carbonyl (C=O) groups excluding carboxylic acids is 3. The second kappa shape index (κ2) is 8.49. The maximum Gasteiger partial charge on any atom is 0.253 e. The molecule has 1 aliphatic heterocycles. The number of piperidine rings is 1. The predicted molar refractivity (Wildman–Crippen MR) is 102 cm³/mol. The van der Waals surface area contributed by atoms with Crippen LogP contribution in [-0.4, -0.2) is 35.7 Å². The Bertz CT molecular complexity index is 810. The average Bonchev–Trinajstić information content (AvgIpc) is 2.72. The number of carbonyl (C=O) groups is 3. The van der Waals surface area contributed by atoms with Gasteiger partial charge in [-0.05, 0) is 42.7 Å². The molecule has 1 aliphatic rings. The van der Waals surface area contributed by atoms with Crippen molar-refractivity contribution in [3.05, 3.63) is 71.3 Å². The van der Waals surface area contributed by atoms with Crippen LogP contribution >= 0.6 is 0 Å². The monoisotopic (exact) mass is 365 g/mol. The third kappa shape index (κ3) is 4.73. The van der Waals surface area contributed by atoms with Crippen LogP contribution in [0.5, 0.6) is 0 Å². The summed E-state index contributed by atoms with van der Waals surface area (Å²) >= 11 is 0. The first kappa shape index (κ1) is 18.6. The lowest BCUT2D eigenvalue weighted by atomic mass is 9.95. The second-order valence-electron chi connectivity index (χ2n) is 6.71. The van der Waals surface area contributed by atoms with Gasteiger partial charge in [0.05, 0.1) is 0 Å². The van der Waals surface area contributed by atoms with Gasteiger partial charge in [-0.25, -0.2) is 0 Å². The van der Waals surface area contributed by atoms with Crippen LogP contribution in [0.2, 0.25) is 0 Å². The van der Waals surface area contributed by atoms with E-state index in [1.54, 1.807) is 29.2 Å². The molecule has 0 aromatic heterocycles. The summed E-state index contributed by atoms with van der Waals surface area (Å²) in [5, 5.41) is 2.98. The summed E-state index contributed by atoms with van der Waals surface area (Å²) in [5.41, 5.74) is 7.18. The fourth-order valence-electron chi connectivity index (χ4n) is 3.23. The van der Waals surface area contributed by atoms with Crippen molar-refractivity contribution in [2.45, 2.75) is 19.4 Å². The number of benzene rings is 2. The minimum Gasteiger partial charge on any atom is -0.366 e. The molecular formula is C21H23N3O3. The van der Waals surface area contributed by atoms with Crippen LogP contribution in [0, 0.1) is 5.92 Å². The van der Waals surface area contributed by atoms with Gasteiger partial charge in [0, 0.05) is 36.7 Å².